The SMILES string of the molecule is CCCS(=O)(=O)c1cccc(C#Cc2cc(C#N)ccc2OCC(=O)O)c1. The van der Waals surface area contributed by atoms with Gasteiger partial charge in [-0.25, -0.2) is 13.2 Å². The lowest BCUT2D eigenvalue weighted by Gasteiger charge is -2.06. The van der Waals surface area contributed by atoms with E-state index in [1.54, 1.807) is 19.1 Å². The van der Waals surface area contributed by atoms with Gasteiger partial charge in [-0.3, -0.25) is 0 Å². The Morgan fingerprint density at radius 1 is 1.15 bits per heavy atom. The van der Waals surface area contributed by atoms with Crippen LogP contribution >= 0.6 is 0 Å². The van der Waals surface area contributed by atoms with Gasteiger partial charge in [0.25, 0.3) is 0 Å². The molecular weight excluding hydrogens is 366 g/mol. The number of carboxylic acid groups (broad SMARTS) is 1. The summed E-state index contributed by atoms with van der Waals surface area (Å²) >= 11 is 0. The minimum absolute atomic E-state index is 0.0568. The summed E-state index contributed by atoms with van der Waals surface area (Å²) in [6.07, 6.45) is 0.517. The summed E-state index contributed by atoms with van der Waals surface area (Å²) in [5.41, 5.74) is 1.18. The molecule has 0 saturated carbocycles. The summed E-state index contributed by atoms with van der Waals surface area (Å²) in [7, 11) is -3.35. The number of aliphatic carboxylic acids is 1. The van der Waals surface area contributed by atoms with Gasteiger partial charge in [0.05, 0.1) is 27.8 Å². The zero-order valence-electron chi connectivity index (χ0n) is 14.6. The molecule has 27 heavy (non-hydrogen) atoms. The molecule has 0 aliphatic carbocycles. The van der Waals surface area contributed by atoms with Crippen LogP contribution in [0.1, 0.15) is 30.0 Å². The van der Waals surface area contributed by atoms with Crippen molar-refractivity contribution < 1.29 is 23.1 Å². The van der Waals surface area contributed by atoms with Gasteiger partial charge in [-0.15, -0.1) is 0 Å². The summed E-state index contributed by atoms with van der Waals surface area (Å²) in [6.45, 7) is 1.26. The number of carboxylic acids is 1. The molecule has 2 rings (SSSR count). The Balaban J connectivity index is 2.39. The van der Waals surface area contributed by atoms with Crippen LogP contribution in [0.3, 0.4) is 0 Å². The lowest BCUT2D eigenvalue weighted by Crippen LogP contribution is -2.10. The van der Waals surface area contributed by atoms with Crippen LogP contribution in [0.5, 0.6) is 5.75 Å². The molecule has 0 aromatic heterocycles. The molecule has 0 radical (unpaired) electrons. The molecule has 138 valence electrons. The van der Waals surface area contributed by atoms with E-state index in [4.69, 9.17) is 15.1 Å². The first-order valence-electron chi connectivity index (χ1n) is 8.09. The summed E-state index contributed by atoms with van der Waals surface area (Å²) in [4.78, 5) is 10.9. The van der Waals surface area contributed by atoms with Crippen LogP contribution in [0.4, 0.5) is 0 Å². The van der Waals surface area contributed by atoms with Gasteiger partial charge in [-0.05, 0) is 42.8 Å². The second-order valence-corrected chi connectivity index (χ2v) is 7.71. The zero-order valence-corrected chi connectivity index (χ0v) is 15.4. The molecule has 0 fully saturated rings. The van der Waals surface area contributed by atoms with E-state index >= 15 is 0 Å². The van der Waals surface area contributed by atoms with Crippen LogP contribution in [0.2, 0.25) is 0 Å². The highest BCUT2D eigenvalue weighted by atomic mass is 32.2. The lowest BCUT2D eigenvalue weighted by atomic mass is 10.1. The third-order valence-corrected chi connectivity index (χ3v) is 5.39. The Morgan fingerprint density at radius 3 is 2.59 bits per heavy atom. The molecule has 0 heterocycles. The number of sulfone groups is 1. The third kappa shape index (κ3) is 5.60. The van der Waals surface area contributed by atoms with E-state index in [1.165, 1.54) is 30.3 Å². The lowest BCUT2D eigenvalue weighted by molar-refractivity contribution is -0.139. The normalized spacial score (nSPS) is 10.4. The van der Waals surface area contributed by atoms with Crippen LogP contribution in [-0.2, 0) is 14.6 Å². The molecule has 0 atom stereocenters. The number of carbonyl (C=O) groups is 1. The van der Waals surface area contributed by atoms with E-state index in [1.807, 2.05) is 6.07 Å². The van der Waals surface area contributed by atoms with E-state index in [2.05, 4.69) is 11.8 Å². The van der Waals surface area contributed by atoms with Gasteiger partial charge in [0.15, 0.2) is 16.4 Å². The van der Waals surface area contributed by atoms with Gasteiger partial charge in [0.2, 0.25) is 0 Å². The van der Waals surface area contributed by atoms with Crippen LogP contribution in [0.15, 0.2) is 47.4 Å². The largest absolute Gasteiger partial charge is 0.481 e. The quantitative estimate of drug-likeness (QED) is 0.769. The van der Waals surface area contributed by atoms with Crippen LogP contribution in [0, 0.1) is 23.2 Å². The zero-order chi connectivity index (χ0) is 19.9. The Bertz CT molecular complexity index is 1060. The number of ether oxygens (including phenoxy) is 1. The van der Waals surface area contributed by atoms with Crippen LogP contribution in [-0.4, -0.2) is 31.9 Å². The maximum atomic E-state index is 12.2. The molecule has 0 aliphatic rings. The molecular formula is C20H17NO5S. The second kappa shape index (κ2) is 8.88. The van der Waals surface area contributed by atoms with Gasteiger partial charge in [0.1, 0.15) is 5.75 Å². The van der Waals surface area contributed by atoms with Crippen molar-refractivity contribution in [3.8, 4) is 23.7 Å². The number of hydrogen-bond acceptors (Lipinski definition) is 5. The molecule has 0 amide bonds. The van der Waals surface area contributed by atoms with Crippen LogP contribution in [0.25, 0.3) is 0 Å². The molecule has 7 heteroatoms. The minimum Gasteiger partial charge on any atom is -0.481 e. The summed E-state index contributed by atoms with van der Waals surface area (Å²) in [5, 5.41) is 17.8. The highest BCUT2D eigenvalue weighted by Crippen LogP contribution is 2.20. The van der Waals surface area contributed by atoms with Crippen molar-refractivity contribution in [2.75, 3.05) is 12.4 Å². The topological polar surface area (TPSA) is 104 Å². The predicted molar refractivity (Wildman–Crippen MR) is 99.1 cm³/mol. The summed E-state index contributed by atoms with van der Waals surface area (Å²) < 4.78 is 29.6. The Labute approximate surface area is 157 Å². The third-order valence-electron chi connectivity index (χ3n) is 3.47. The molecule has 0 saturated heterocycles. The average Bonchev–Trinajstić information content (AvgIpc) is 2.65. The maximum absolute atomic E-state index is 12.2. The molecule has 0 bridgehead atoms. The van der Waals surface area contributed by atoms with Gasteiger partial charge in [0, 0.05) is 5.56 Å². The van der Waals surface area contributed by atoms with E-state index in [9.17, 15) is 13.2 Å². The predicted octanol–water partition coefficient (Wildman–Crippen LogP) is 2.61. The van der Waals surface area contributed by atoms with Gasteiger partial charge in [-0.1, -0.05) is 24.8 Å². The standard InChI is InChI=1S/C20H17NO5S/c1-2-10-27(24,25)18-5-3-4-15(12-18)6-8-17-11-16(13-21)7-9-19(17)26-14-20(22)23/h3-5,7,9,11-12H,2,10,14H2,1H3,(H,22,23). The monoisotopic (exact) mass is 383 g/mol. The van der Waals surface area contributed by atoms with E-state index in [0.717, 1.165) is 0 Å². The highest BCUT2D eigenvalue weighted by molar-refractivity contribution is 7.91. The van der Waals surface area contributed by atoms with Crippen molar-refractivity contribution in [3.63, 3.8) is 0 Å². The first-order valence-corrected chi connectivity index (χ1v) is 9.74. The smallest absolute Gasteiger partial charge is 0.341 e. The van der Waals surface area contributed by atoms with Gasteiger partial charge in [-0.2, -0.15) is 5.26 Å². The van der Waals surface area contributed by atoms with Crippen molar-refractivity contribution in [1.29, 1.82) is 5.26 Å². The molecule has 0 spiro atoms. The molecule has 6 nitrogen and oxygen atoms in total. The second-order valence-electron chi connectivity index (χ2n) is 5.60. The van der Waals surface area contributed by atoms with Crippen molar-refractivity contribution in [1.82, 2.24) is 0 Å². The van der Waals surface area contributed by atoms with E-state index < -0.39 is 22.4 Å². The van der Waals surface area contributed by atoms with Crippen LogP contribution < -0.4 is 4.74 Å². The summed E-state index contributed by atoms with van der Waals surface area (Å²) in [6, 6.07) is 12.7. The molecule has 2 aromatic rings. The number of benzene rings is 2. The fourth-order valence-corrected chi connectivity index (χ4v) is 3.62. The summed E-state index contributed by atoms with van der Waals surface area (Å²) in [5.74, 6) is 4.83. The number of hydrogen-bond donors (Lipinski definition) is 1. The number of rotatable bonds is 6. The fraction of sp³-hybridized carbons (Fsp3) is 0.200. The number of nitrogens with zero attached hydrogens (tertiary/aromatic N) is 1. The van der Waals surface area contributed by atoms with Crippen molar-refractivity contribution in [3.05, 3.63) is 59.2 Å². The highest BCUT2D eigenvalue weighted by Gasteiger charge is 2.13. The average molecular weight is 383 g/mol. The molecule has 2 aromatic carbocycles. The molecule has 0 unspecified atom stereocenters. The Kier molecular flexibility index (Phi) is 6.59. The Hall–Kier alpha value is -3.29. The first kappa shape index (κ1) is 20.0. The molecule has 0 aliphatic heterocycles. The van der Waals surface area contributed by atoms with Crippen molar-refractivity contribution >= 4 is 15.8 Å². The van der Waals surface area contributed by atoms with Gasteiger partial charge < -0.3 is 9.84 Å². The van der Waals surface area contributed by atoms with E-state index in [0.29, 0.717) is 23.1 Å². The van der Waals surface area contributed by atoms with Crippen molar-refractivity contribution in [2.45, 2.75) is 18.2 Å². The number of nitriles is 1. The molecule has 1 N–H and O–H groups in total. The van der Waals surface area contributed by atoms with Crippen molar-refractivity contribution in [2.24, 2.45) is 0 Å². The maximum Gasteiger partial charge on any atom is 0.341 e. The Morgan fingerprint density at radius 2 is 1.93 bits per heavy atom. The van der Waals surface area contributed by atoms with Gasteiger partial charge >= 0.3 is 5.97 Å². The van der Waals surface area contributed by atoms with E-state index in [-0.39, 0.29) is 16.4 Å². The fourth-order valence-electron chi connectivity index (χ4n) is 2.26. The minimum atomic E-state index is -3.35. The first-order chi connectivity index (χ1) is 12.9.